The molecule has 1 unspecified atom stereocenters. The van der Waals surface area contributed by atoms with Crippen LogP contribution in [0.15, 0.2) is 6.07 Å². The lowest BCUT2D eigenvalue weighted by Crippen LogP contribution is -2.29. The van der Waals surface area contributed by atoms with Gasteiger partial charge in [0.05, 0.1) is 0 Å². The summed E-state index contributed by atoms with van der Waals surface area (Å²) < 4.78 is 0. The van der Waals surface area contributed by atoms with Crippen molar-refractivity contribution in [3.63, 3.8) is 0 Å². The molecule has 0 fully saturated rings. The molecule has 1 atom stereocenters. The Morgan fingerprint density at radius 1 is 1.25 bits per heavy atom. The van der Waals surface area contributed by atoms with E-state index in [0.29, 0.717) is 6.04 Å². The van der Waals surface area contributed by atoms with Crippen LogP contribution in [0.4, 0.5) is 0 Å². The Labute approximate surface area is 98.7 Å². The van der Waals surface area contributed by atoms with Gasteiger partial charge in [-0.2, -0.15) is 0 Å². The van der Waals surface area contributed by atoms with Gasteiger partial charge in [-0.1, -0.05) is 13.8 Å². The monoisotopic (exact) mass is 221 g/mol. The predicted molar refractivity (Wildman–Crippen MR) is 67.6 cm³/mol. The number of aromatic nitrogens is 2. The summed E-state index contributed by atoms with van der Waals surface area (Å²) in [5.74, 6) is 0.886. The third kappa shape index (κ3) is 4.27. The van der Waals surface area contributed by atoms with Gasteiger partial charge in [-0.15, -0.1) is 0 Å². The summed E-state index contributed by atoms with van der Waals surface area (Å²) >= 11 is 0. The highest BCUT2D eigenvalue weighted by atomic mass is 14.9. The standard InChI is InChI=1S/C13H23N3/c1-5-7-14-10(3)8-13-9-12(6-2)15-11(4)16-13/h9-10,14H,5-8H2,1-4H3. The fraction of sp³-hybridized carbons (Fsp3) is 0.692. The lowest BCUT2D eigenvalue weighted by molar-refractivity contribution is 0.537. The van der Waals surface area contributed by atoms with Crippen molar-refractivity contribution >= 4 is 0 Å². The van der Waals surface area contributed by atoms with Crippen molar-refractivity contribution in [2.45, 2.75) is 53.0 Å². The van der Waals surface area contributed by atoms with Gasteiger partial charge in [0.25, 0.3) is 0 Å². The normalized spacial score (nSPS) is 12.8. The van der Waals surface area contributed by atoms with E-state index in [4.69, 9.17) is 0 Å². The molecule has 0 radical (unpaired) electrons. The molecule has 0 bridgehead atoms. The SMILES string of the molecule is CCCNC(C)Cc1cc(CC)nc(C)n1. The Morgan fingerprint density at radius 3 is 2.56 bits per heavy atom. The molecule has 1 heterocycles. The number of hydrogen-bond donors (Lipinski definition) is 1. The molecule has 0 aliphatic carbocycles. The van der Waals surface area contributed by atoms with E-state index < -0.39 is 0 Å². The molecular formula is C13H23N3. The van der Waals surface area contributed by atoms with Gasteiger partial charge < -0.3 is 5.32 Å². The van der Waals surface area contributed by atoms with Crippen LogP contribution in [-0.2, 0) is 12.8 Å². The minimum absolute atomic E-state index is 0.485. The molecule has 0 spiro atoms. The zero-order valence-electron chi connectivity index (χ0n) is 10.9. The van der Waals surface area contributed by atoms with Crippen LogP contribution in [0.5, 0.6) is 0 Å². The summed E-state index contributed by atoms with van der Waals surface area (Å²) in [4.78, 5) is 8.87. The number of nitrogens with zero attached hydrogens (tertiary/aromatic N) is 2. The molecule has 90 valence electrons. The van der Waals surface area contributed by atoms with Gasteiger partial charge in [-0.05, 0) is 39.3 Å². The van der Waals surface area contributed by atoms with Crippen molar-refractivity contribution in [3.8, 4) is 0 Å². The lowest BCUT2D eigenvalue weighted by Gasteiger charge is -2.13. The highest BCUT2D eigenvalue weighted by Crippen LogP contribution is 2.05. The van der Waals surface area contributed by atoms with Crippen LogP contribution in [0.1, 0.15) is 44.4 Å². The molecule has 0 saturated heterocycles. The Morgan fingerprint density at radius 2 is 1.94 bits per heavy atom. The van der Waals surface area contributed by atoms with Crippen molar-refractivity contribution < 1.29 is 0 Å². The molecule has 16 heavy (non-hydrogen) atoms. The summed E-state index contributed by atoms with van der Waals surface area (Å²) in [6.07, 6.45) is 3.14. The second-order valence-electron chi connectivity index (χ2n) is 4.31. The van der Waals surface area contributed by atoms with Crippen molar-refractivity contribution in [2.75, 3.05) is 6.54 Å². The fourth-order valence-electron chi connectivity index (χ4n) is 1.76. The van der Waals surface area contributed by atoms with E-state index in [1.807, 2.05) is 6.92 Å². The van der Waals surface area contributed by atoms with Gasteiger partial charge >= 0.3 is 0 Å². The maximum absolute atomic E-state index is 4.48. The summed E-state index contributed by atoms with van der Waals surface area (Å²) in [5, 5.41) is 3.48. The quantitative estimate of drug-likeness (QED) is 0.801. The van der Waals surface area contributed by atoms with Gasteiger partial charge in [0, 0.05) is 23.9 Å². The molecule has 0 aliphatic heterocycles. The van der Waals surface area contributed by atoms with Crippen LogP contribution in [0, 0.1) is 6.92 Å². The largest absolute Gasteiger partial charge is 0.314 e. The molecular weight excluding hydrogens is 198 g/mol. The first-order valence-electron chi connectivity index (χ1n) is 6.22. The first kappa shape index (κ1) is 13.1. The molecule has 0 aromatic carbocycles. The number of nitrogens with one attached hydrogen (secondary N) is 1. The zero-order chi connectivity index (χ0) is 12.0. The molecule has 0 saturated carbocycles. The highest BCUT2D eigenvalue weighted by Gasteiger charge is 2.05. The van der Waals surface area contributed by atoms with E-state index in [-0.39, 0.29) is 0 Å². The maximum Gasteiger partial charge on any atom is 0.125 e. The second kappa shape index (κ2) is 6.59. The van der Waals surface area contributed by atoms with Crippen LogP contribution < -0.4 is 5.32 Å². The van der Waals surface area contributed by atoms with E-state index in [0.717, 1.165) is 36.6 Å². The first-order valence-corrected chi connectivity index (χ1v) is 6.22. The minimum atomic E-state index is 0.485. The van der Waals surface area contributed by atoms with Crippen molar-refractivity contribution in [1.82, 2.24) is 15.3 Å². The third-order valence-electron chi connectivity index (χ3n) is 2.56. The predicted octanol–water partition coefficient (Wildman–Crippen LogP) is 2.28. The summed E-state index contributed by atoms with van der Waals surface area (Å²) in [5.41, 5.74) is 2.30. The van der Waals surface area contributed by atoms with Crippen LogP contribution in [0.2, 0.25) is 0 Å². The second-order valence-corrected chi connectivity index (χ2v) is 4.31. The fourth-order valence-corrected chi connectivity index (χ4v) is 1.76. The molecule has 1 rings (SSSR count). The smallest absolute Gasteiger partial charge is 0.125 e. The van der Waals surface area contributed by atoms with Crippen LogP contribution >= 0.6 is 0 Å². The van der Waals surface area contributed by atoms with Crippen molar-refractivity contribution in [3.05, 3.63) is 23.3 Å². The average Bonchev–Trinajstić information content (AvgIpc) is 2.25. The molecule has 0 amide bonds. The molecule has 1 N–H and O–H groups in total. The molecule has 3 heteroatoms. The third-order valence-corrected chi connectivity index (χ3v) is 2.56. The number of hydrogen-bond acceptors (Lipinski definition) is 3. The Kier molecular flexibility index (Phi) is 5.39. The van der Waals surface area contributed by atoms with Gasteiger partial charge in [-0.3, -0.25) is 0 Å². The Bertz CT molecular complexity index is 323. The van der Waals surface area contributed by atoms with Crippen molar-refractivity contribution in [1.29, 1.82) is 0 Å². The number of rotatable bonds is 6. The van der Waals surface area contributed by atoms with Crippen LogP contribution in [-0.4, -0.2) is 22.6 Å². The Balaban J connectivity index is 2.61. The molecule has 1 aromatic heterocycles. The van der Waals surface area contributed by atoms with Gasteiger partial charge in [0.15, 0.2) is 0 Å². The first-order chi connectivity index (χ1) is 7.65. The van der Waals surface area contributed by atoms with E-state index in [1.165, 1.54) is 6.42 Å². The van der Waals surface area contributed by atoms with Gasteiger partial charge in [0.1, 0.15) is 5.82 Å². The van der Waals surface area contributed by atoms with E-state index in [1.54, 1.807) is 0 Å². The van der Waals surface area contributed by atoms with Gasteiger partial charge in [0.2, 0.25) is 0 Å². The topological polar surface area (TPSA) is 37.8 Å². The summed E-state index contributed by atoms with van der Waals surface area (Å²) in [7, 11) is 0. The van der Waals surface area contributed by atoms with E-state index in [2.05, 4.69) is 42.1 Å². The Hall–Kier alpha value is -0.960. The van der Waals surface area contributed by atoms with E-state index >= 15 is 0 Å². The summed E-state index contributed by atoms with van der Waals surface area (Å²) in [6.45, 7) is 9.56. The van der Waals surface area contributed by atoms with Crippen LogP contribution in [0.25, 0.3) is 0 Å². The van der Waals surface area contributed by atoms with Crippen molar-refractivity contribution in [2.24, 2.45) is 0 Å². The van der Waals surface area contributed by atoms with E-state index in [9.17, 15) is 0 Å². The number of aryl methyl sites for hydroxylation is 2. The maximum atomic E-state index is 4.48. The zero-order valence-corrected chi connectivity index (χ0v) is 10.9. The molecule has 0 aliphatic rings. The average molecular weight is 221 g/mol. The summed E-state index contributed by atoms with van der Waals surface area (Å²) in [6, 6.07) is 2.61. The molecule has 3 nitrogen and oxygen atoms in total. The van der Waals surface area contributed by atoms with Gasteiger partial charge in [-0.25, -0.2) is 9.97 Å². The van der Waals surface area contributed by atoms with Crippen LogP contribution in [0.3, 0.4) is 0 Å². The highest BCUT2D eigenvalue weighted by molar-refractivity contribution is 5.12. The minimum Gasteiger partial charge on any atom is -0.314 e. The lowest BCUT2D eigenvalue weighted by atomic mass is 10.1. The molecule has 1 aromatic rings.